The molecule has 0 fully saturated rings. The van der Waals surface area contributed by atoms with E-state index in [4.69, 9.17) is 5.73 Å². The standard InChI is InChI=1S/C5H8F3N3/c1-3(5(6,7)8)10-11-4(2)9/h10H,1H2,2H3,(H2,9,11). The first-order chi connectivity index (χ1) is 4.84. The summed E-state index contributed by atoms with van der Waals surface area (Å²) in [5, 5.41) is 3.12. The minimum Gasteiger partial charge on any atom is -0.386 e. The van der Waals surface area contributed by atoms with Gasteiger partial charge in [-0.05, 0) is 6.92 Å². The van der Waals surface area contributed by atoms with Gasteiger partial charge in [-0.15, -0.1) is 0 Å². The lowest BCUT2D eigenvalue weighted by molar-refractivity contribution is -0.0962. The van der Waals surface area contributed by atoms with Gasteiger partial charge in [0.1, 0.15) is 11.5 Å². The van der Waals surface area contributed by atoms with Crippen LogP contribution in [0.5, 0.6) is 0 Å². The highest BCUT2D eigenvalue weighted by Crippen LogP contribution is 2.21. The molecule has 0 aliphatic heterocycles. The number of allylic oxidation sites excluding steroid dienone is 1. The number of amidine groups is 1. The van der Waals surface area contributed by atoms with Crippen LogP contribution in [0.1, 0.15) is 6.92 Å². The predicted octanol–water partition coefficient (Wildman–Crippen LogP) is 0.944. The number of nitrogens with two attached hydrogens (primary N) is 1. The molecule has 0 heterocycles. The van der Waals surface area contributed by atoms with Crippen molar-refractivity contribution < 1.29 is 13.2 Å². The van der Waals surface area contributed by atoms with Crippen LogP contribution in [0.3, 0.4) is 0 Å². The number of nitrogens with zero attached hydrogens (tertiary/aromatic N) is 1. The van der Waals surface area contributed by atoms with Gasteiger partial charge >= 0.3 is 6.18 Å². The Morgan fingerprint density at radius 1 is 1.55 bits per heavy atom. The van der Waals surface area contributed by atoms with E-state index < -0.39 is 11.9 Å². The zero-order valence-corrected chi connectivity index (χ0v) is 5.87. The predicted molar refractivity (Wildman–Crippen MR) is 35.6 cm³/mol. The minimum absolute atomic E-state index is 0.00963. The minimum atomic E-state index is -4.47. The first kappa shape index (κ1) is 9.80. The molecular weight excluding hydrogens is 159 g/mol. The van der Waals surface area contributed by atoms with E-state index in [1.807, 2.05) is 0 Å². The molecule has 3 nitrogen and oxygen atoms in total. The van der Waals surface area contributed by atoms with Crippen molar-refractivity contribution >= 4 is 5.84 Å². The number of hydrogen-bond donors (Lipinski definition) is 2. The molecule has 0 saturated carbocycles. The molecule has 0 bridgehead atoms. The molecule has 0 aromatic heterocycles. The Labute approximate surface area is 61.8 Å². The van der Waals surface area contributed by atoms with E-state index in [1.54, 1.807) is 5.43 Å². The van der Waals surface area contributed by atoms with Crippen LogP contribution in [-0.2, 0) is 0 Å². The summed E-state index contributed by atoms with van der Waals surface area (Å²) in [6, 6.07) is 0. The molecule has 0 amide bonds. The maximum Gasteiger partial charge on any atom is 0.432 e. The summed E-state index contributed by atoms with van der Waals surface area (Å²) >= 11 is 0. The third-order valence-electron chi connectivity index (χ3n) is 0.709. The fourth-order valence-corrected chi connectivity index (χ4v) is 0.219. The van der Waals surface area contributed by atoms with Crippen molar-refractivity contribution in [3.63, 3.8) is 0 Å². The van der Waals surface area contributed by atoms with Gasteiger partial charge < -0.3 is 5.73 Å². The van der Waals surface area contributed by atoms with Crippen LogP contribution >= 0.6 is 0 Å². The Bertz CT molecular complexity index is 178. The second-order valence-electron chi connectivity index (χ2n) is 1.84. The Morgan fingerprint density at radius 3 is 2.27 bits per heavy atom. The second kappa shape index (κ2) is 3.27. The smallest absolute Gasteiger partial charge is 0.386 e. The summed E-state index contributed by atoms with van der Waals surface area (Å²) in [6.45, 7) is 4.06. The number of nitrogens with one attached hydrogen (secondary N) is 1. The lowest BCUT2D eigenvalue weighted by Gasteiger charge is -2.07. The summed E-state index contributed by atoms with van der Waals surface area (Å²) in [6.07, 6.45) is -4.47. The summed E-state index contributed by atoms with van der Waals surface area (Å²) in [5.41, 5.74) is 5.49. The van der Waals surface area contributed by atoms with E-state index in [-0.39, 0.29) is 5.84 Å². The van der Waals surface area contributed by atoms with E-state index in [1.165, 1.54) is 6.92 Å². The van der Waals surface area contributed by atoms with Crippen LogP contribution in [0, 0.1) is 0 Å². The van der Waals surface area contributed by atoms with Gasteiger partial charge in [-0.2, -0.15) is 18.3 Å². The normalized spacial score (nSPS) is 12.9. The molecule has 0 rings (SSSR count). The van der Waals surface area contributed by atoms with Gasteiger partial charge in [0.15, 0.2) is 0 Å². The lowest BCUT2D eigenvalue weighted by Crippen LogP contribution is -2.23. The lowest BCUT2D eigenvalue weighted by atomic mass is 10.5. The van der Waals surface area contributed by atoms with Crippen molar-refractivity contribution in [2.75, 3.05) is 0 Å². The highest BCUT2D eigenvalue weighted by molar-refractivity contribution is 5.77. The number of halogens is 3. The van der Waals surface area contributed by atoms with E-state index >= 15 is 0 Å². The molecule has 0 aliphatic carbocycles. The number of hydrogen-bond acceptors (Lipinski definition) is 2. The third-order valence-corrected chi connectivity index (χ3v) is 0.709. The average molecular weight is 167 g/mol. The van der Waals surface area contributed by atoms with Gasteiger partial charge in [-0.25, -0.2) is 0 Å². The molecule has 64 valence electrons. The van der Waals surface area contributed by atoms with E-state index in [9.17, 15) is 13.2 Å². The second-order valence-corrected chi connectivity index (χ2v) is 1.84. The molecule has 6 heteroatoms. The van der Waals surface area contributed by atoms with Gasteiger partial charge in [0, 0.05) is 0 Å². The zero-order chi connectivity index (χ0) is 9.07. The fraction of sp³-hybridized carbons (Fsp3) is 0.400. The van der Waals surface area contributed by atoms with Crippen LogP contribution < -0.4 is 11.2 Å². The molecule has 0 aromatic carbocycles. The highest BCUT2D eigenvalue weighted by atomic mass is 19.4. The molecule has 3 N–H and O–H groups in total. The van der Waals surface area contributed by atoms with Crippen LogP contribution in [-0.4, -0.2) is 12.0 Å². The third kappa shape index (κ3) is 4.24. The molecule has 0 aromatic rings. The largest absolute Gasteiger partial charge is 0.432 e. The van der Waals surface area contributed by atoms with E-state index in [2.05, 4.69) is 11.7 Å². The Morgan fingerprint density at radius 2 is 2.00 bits per heavy atom. The summed E-state index contributed by atoms with van der Waals surface area (Å²) in [4.78, 5) is 0. The Hall–Kier alpha value is -1.20. The highest BCUT2D eigenvalue weighted by Gasteiger charge is 2.31. The van der Waals surface area contributed by atoms with Crippen molar-refractivity contribution in [3.8, 4) is 0 Å². The number of rotatable bonds is 2. The zero-order valence-electron chi connectivity index (χ0n) is 5.87. The summed E-state index contributed by atoms with van der Waals surface area (Å²) in [5.74, 6) is 0.00963. The van der Waals surface area contributed by atoms with Crippen molar-refractivity contribution in [3.05, 3.63) is 12.3 Å². The van der Waals surface area contributed by atoms with Crippen LogP contribution in [0.2, 0.25) is 0 Å². The quantitative estimate of drug-likeness (QED) is 0.365. The maximum absolute atomic E-state index is 11.6. The molecule has 0 aliphatic rings. The van der Waals surface area contributed by atoms with Gasteiger partial charge in [-0.3, -0.25) is 5.43 Å². The topological polar surface area (TPSA) is 50.4 Å². The molecule has 0 atom stereocenters. The van der Waals surface area contributed by atoms with Crippen LogP contribution in [0.15, 0.2) is 17.4 Å². The van der Waals surface area contributed by atoms with Crippen molar-refractivity contribution in [1.82, 2.24) is 5.43 Å². The summed E-state index contributed by atoms with van der Waals surface area (Å²) in [7, 11) is 0. The van der Waals surface area contributed by atoms with Crippen LogP contribution in [0.4, 0.5) is 13.2 Å². The van der Waals surface area contributed by atoms with Crippen molar-refractivity contribution in [1.29, 1.82) is 0 Å². The molecule has 11 heavy (non-hydrogen) atoms. The molecule has 0 saturated heterocycles. The average Bonchev–Trinajstić information content (AvgIpc) is 1.80. The Balaban J connectivity index is 4.01. The van der Waals surface area contributed by atoms with Crippen LogP contribution in [0.25, 0.3) is 0 Å². The molecule has 0 radical (unpaired) electrons. The number of hydrazone groups is 1. The molecular formula is C5H8F3N3. The van der Waals surface area contributed by atoms with E-state index in [0.29, 0.717) is 0 Å². The fourth-order valence-electron chi connectivity index (χ4n) is 0.219. The maximum atomic E-state index is 11.6. The van der Waals surface area contributed by atoms with E-state index in [0.717, 1.165) is 0 Å². The molecule has 0 spiro atoms. The monoisotopic (exact) mass is 167 g/mol. The Kier molecular flexibility index (Phi) is 2.91. The van der Waals surface area contributed by atoms with Crippen molar-refractivity contribution in [2.24, 2.45) is 10.8 Å². The molecule has 0 unspecified atom stereocenters. The SMILES string of the molecule is C=C(N/N=C(/C)N)C(F)(F)F. The van der Waals surface area contributed by atoms with Gasteiger partial charge in [0.25, 0.3) is 0 Å². The first-order valence-electron chi connectivity index (χ1n) is 2.66. The van der Waals surface area contributed by atoms with Gasteiger partial charge in [0.05, 0.1) is 0 Å². The van der Waals surface area contributed by atoms with Gasteiger partial charge in [-0.1, -0.05) is 6.58 Å². The van der Waals surface area contributed by atoms with Crippen molar-refractivity contribution in [2.45, 2.75) is 13.1 Å². The summed E-state index contributed by atoms with van der Waals surface area (Å²) < 4.78 is 34.9. The van der Waals surface area contributed by atoms with Gasteiger partial charge in [0.2, 0.25) is 0 Å². The first-order valence-corrected chi connectivity index (χ1v) is 2.66. The number of alkyl halides is 3.